The summed E-state index contributed by atoms with van der Waals surface area (Å²) in [6.45, 7) is 0.576. The number of carbonyl (C=O) groups excluding carboxylic acids is 1. The van der Waals surface area contributed by atoms with Crippen LogP contribution in [0, 0.1) is 10.8 Å². The number of rotatable bonds is 8. The summed E-state index contributed by atoms with van der Waals surface area (Å²) in [4.78, 5) is 20.7. The van der Waals surface area contributed by atoms with E-state index in [2.05, 4.69) is 5.16 Å². The Morgan fingerprint density at radius 3 is 2.19 bits per heavy atom. The molecule has 0 atom stereocenters. The highest BCUT2D eigenvalue weighted by molar-refractivity contribution is 5.95. The van der Waals surface area contributed by atoms with Gasteiger partial charge in [0, 0.05) is 30.0 Å². The van der Waals surface area contributed by atoms with Crippen molar-refractivity contribution >= 4 is 11.6 Å². The summed E-state index contributed by atoms with van der Waals surface area (Å²) in [5.41, 5.74) is 0.0412. The first-order chi connectivity index (χ1) is 20.5. The molecule has 1 aromatic heterocycles. The molecule has 7 fully saturated rings. The summed E-state index contributed by atoms with van der Waals surface area (Å²) in [5.74, 6) is 2.09. The zero-order valence-corrected chi connectivity index (χ0v) is 24.1. The third kappa shape index (κ3) is 4.69. The molecule has 1 amide bonds. The van der Waals surface area contributed by atoms with Gasteiger partial charge >= 0.3 is 6.18 Å². The van der Waals surface area contributed by atoms with E-state index < -0.39 is 17.4 Å². The van der Waals surface area contributed by atoms with E-state index in [-0.39, 0.29) is 22.2 Å². The predicted octanol–water partition coefficient (Wildman–Crippen LogP) is 8.54. The molecule has 9 heteroatoms. The molecule has 10 rings (SSSR count). The van der Waals surface area contributed by atoms with E-state index >= 15 is 0 Å². The lowest BCUT2D eigenvalue weighted by atomic mass is 9.41. The van der Waals surface area contributed by atoms with Gasteiger partial charge < -0.3 is 9.42 Å². The molecule has 43 heavy (non-hydrogen) atoms. The van der Waals surface area contributed by atoms with Gasteiger partial charge in [-0.2, -0.15) is 18.2 Å². The number of aromatic nitrogens is 2. The summed E-state index contributed by atoms with van der Waals surface area (Å²) in [7, 11) is 0. The number of fused-ring (bicyclic) bond motifs is 3. The molecule has 0 N–H and O–H groups in total. The first kappa shape index (κ1) is 27.3. The molecule has 0 aliphatic heterocycles. The second-order valence-corrected chi connectivity index (χ2v) is 14.5. The third-order valence-corrected chi connectivity index (χ3v) is 11.3. The zero-order chi connectivity index (χ0) is 29.7. The molecule has 0 spiro atoms. The smallest absolute Gasteiger partial charge is 0.339 e. The van der Waals surface area contributed by atoms with Gasteiger partial charge in [0.15, 0.2) is 5.82 Å². The quantitative estimate of drug-likeness (QED) is 0.246. The number of hydrogen-bond donors (Lipinski definition) is 0. The Hall–Kier alpha value is -3.23. The van der Waals surface area contributed by atoms with Crippen molar-refractivity contribution in [2.75, 3.05) is 11.4 Å². The van der Waals surface area contributed by atoms with Crippen LogP contribution in [0.1, 0.15) is 100 Å². The van der Waals surface area contributed by atoms with E-state index in [4.69, 9.17) is 9.51 Å². The fourth-order valence-electron chi connectivity index (χ4n) is 8.61. The normalized spacial score (nSPS) is 32.7. The van der Waals surface area contributed by atoms with Gasteiger partial charge in [0.25, 0.3) is 0 Å². The van der Waals surface area contributed by atoms with Gasteiger partial charge in [0.2, 0.25) is 11.8 Å². The molecule has 0 saturated heterocycles. The van der Waals surface area contributed by atoms with Gasteiger partial charge in [0.1, 0.15) is 5.67 Å². The van der Waals surface area contributed by atoms with E-state index in [1.807, 2.05) is 29.2 Å². The number of halogens is 4. The van der Waals surface area contributed by atoms with E-state index in [1.54, 1.807) is 0 Å². The Morgan fingerprint density at radius 2 is 1.58 bits per heavy atom. The van der Waals surface area contributed by atoms with Gasteiger partial charge in [-0.15, -0.1) is 0 Å². The minimum Gasteiger partial charge on any atom is -0.339 e. The number of benzene rings is 2. The van der Waals surface area contributed by atoms with Crippen LogP contribution in [0.3, 0.4) is 0 Å². The second-order valence-electron chi connectivity index (χ2n) is 14.5. The van der Waals surface area contributed by atoms with Gasteiger partial charge in [-0.3, -0.25) is 4.79 Å². The molecule has 226 valence electrons. The highest BCUT2D eigenvalue weighted by Gasteiger charge is 2.69. The van der Waals surface area contributed by atoms with Crippen molar-refractivity contribution in [2.45, 2.75) is 100 Å². The Balaban J connectivity index is 1.05. The van der Waals surface area contributed by atoms with Crippen LogP contribution in [-0.4, -0.2) is 28.3 Å². The van der Waals surface area contributed by atoms with Crippen LogP contribution in [0.15, 0.2) is 53.1 Å². The molecular weight excluding hydrogens is 558 g/mol. The Labute approximate surface area is 248 Å². The number of carbonyl (C=O) groups is 1. The summed E-state index contributed by atoms with van der Waals surface area (Å²) in [6, 6.07) is 12.7. The lowest BCUT2D eigenvalue weighted by Crippen LogP contribution is -2.65. The molecule has 2 aromatic carbocycles. The molecular formula is C34H35F4N3O2. The average molecular weight is 594 g/mol. The van der Waals surface area contributed by atoms with E-state index in [1.165, 1.54) is 12.1 Å². The van der Waals surface area contributed by atoms with Crippen LogP contribution in [0.4, 0.5) is 23.2 Å². The molecule has 4 bridgehead atoms. The molecule has 3 aromatic rings. The summed E-state index contributed by atoms with van der Waals surface area (Å²) in [5, 5.41) is 4.28. The average Bonchev–Trinajstić information content (AvgIpc) is 3.70. The first-order valence-electron chi connectivity index (χ1n) is 15.6. The van der Waals surface area contributed by atoms with Gasteiger partial charge in [-0.05, 0) is 117 Å². The lowest BCUT2D eigenvalue weighted by molar-refractivity contribution is -0.215. The van der Waals surface area contributed by atoms with Crippen LogP contribution in [0.5, 0.6) is 0 Å². The van der Waals surface area contributed by atoms with Crippen LogP contribution in [0.25, 0.3) is 11.1 Å². The van der Waals surface area contributed by atoms with Crippen molar-refractivity contribution in [1.29, 1.82) is 0 Å². The van der Waals surface area contributed by atoms with Crippen LogP contribution in [0.2, 0.25) is 0 Å². The van der Waals surface area contributed by atoms with Crippen molar-refractivity contribution in [3.8, 4) is 11.1 Å². The van der Waals surface area contributed by atoms with Gasteiger partial charge in [0.05, 0.1) is 5.56 Å². The summed E-state index contributed by atoms with van der Waals surface area (Å²) in [6.07, 6.45) is 5.28. The highest BCUT2D eigenvalue weighted by atomic mass is 19.4. The highest BCUT2D eigenvalue weighted by Crippen LogP contribution is 2.71. The van der Waals surface area contributed by atoms with Crippen molar-refractivity contribution < 1.29 is 26.9 Å². The van der Waals surface area contributed by atoms with E-state index in [0.717, 1.165) is 86.5 Å². The molecule has 1 heterocycles. The maximum Gasteiger partial charge on any atom is 0.416 e. The zero-order valence-electron chi connectivity index (χ0n) is 24.1. The van der Waals surface area contributed by atoms with Gasteiger partial charge in [-0.1, -0.05) is 29.4 Å². The van der Waals surface area contributed by atoms with Gasteiger partial charge in [-0.25, -0.2) is 4.39 Å². The van der Waals surface area contributed by atoms with Crippen molar-refractivity contribution in [3.63, 3.8) is 0 Å². The second kappa shape index (κ2) is 9.14. The molecule has 7 aliphatic carbocycles. The maximum absolute atomic E-state index is 14.3. The predicted molar refractivity (Wildman–Crippen MR) is 152 cm³/mol. The van der Waals surface area contributed by atoms with E-state index in [9.17, 15) is 22.4 Å². The fourth-order valence-corrected chi connectivity index (χ4v) is 8.61. The molecule has 7 aliphatic rings. The van der Waals surface area contributed by atoms with E-state index in [0.29, 0.717) is 43.7 Å². The maximum atomic E-state index is 14.3. The number of anilines is 1. The largest absolute Gasteiger partial charge is 0.416 e. The fraction of sp³-hybridized carbons (Fsp3) is 0.559. The van der Waals surface area contributed by atoms with Crippen LogP contribution < -0.4 is 4.90 Å². The lowest BCUT2D eigenvalue weighted by Gasteiger charge is -2.66. The minimum absolute atomic E-state index is 0.00841. The number of hydrogen-bond acceptors (Lipinski definition) is 4. The standard InChI is InChI=1S/C34H35F4N3O2/c35-33-18-31(19-33,20-33)17-27(42)41(26-3-1-2-24(16-26)22-6-8-25(9-7-22)34(36,37)38)21-30-10-13-32(14-11-30,15-12-30)29-39-28(40-43-29)23-4-5-23/h1-3,6-9,16,23H,4-5,10-15,17-21H2. The molecule has 0 radical (unpaired) electrons. The Morgan fingerprint density at radius 1 is 0.907 bits per heavy atom. The number of alkyl halides is 4. The third-order valence-electron chi connectivity index (χ3n) is 11.3. The van der Waals surface area contributed by atoms with Crippen LogP contribution >= 0.6 is 0 Å². The van der Waals surface area contributed by atoms with Crippen molar-refractivity contribution in [3.05, 3.63) is 65.8 Å². The Kier molecular flexibility index (Phi) is 5.81. The van der Waals surface area contributed by atoms with Crippen molar-refractivity contribution in [2.24, 2.45) is 10.8 Å². The molecule has 5 nitrogen and oxygen atoms in total. The monoisotopic (exact) mass is 593 g/mol. The topological polar surface area (TPSA) is 59.2 Å². The SMILES string of the molecule is O=C(CC12CC(F)(C1)C2)N(CC12CCC(c3nc(C4CC4)no3)(CC1)CC2)c1cccc(-c2ccc(C(F)(F)F)cc2)c1. The Bertz CT molecular complexity index is 1530. The molecule has 0 unspecified atom stereocenters. The minimum atomic E-state index is -4.40. The summed E-state index contributed by atoms with van der Waals surface area (Å²) >= 11 is 0. The molecule has 7 saturated carbocycles. The first-order valence-corrected chi connectivity index (χ1v) is 15.6. The van der Waals surface area contributed by atoms with Crippen molar-refractivity contribution in [1.82, 2.24) is 10.1 Å². The number of amides is 1. The summed E-state index contributed by atoms with van der Waals surface area (Å²) < 4.78 is 59.6. The van der Waals surface area contributed by atoms with Crippen LogP contribution in [-0.2, 0) is 16.4 Å². The number of nitrogens with zero attached hydrogens (tertiary/aromatic N) is 3.